The zero-order valence-corrected chi connectivity index (χ0v) is 21.7. The molecular formula is C30H54O2. The molecule has 2 nitrogen and oxygen atoms in total. The van der Waals surface area contributed by atoms with Crippen molar-refractivity contribution < 1.29 is 10.2 Å². The maximum Gasteiger partial charge on any atom is 0.0573 e. The first kappa shape index (κ1) is 25.0. The summed E-state index contributed by atoms with van der Waals surface area (Å²) in [5.74, 6) is 6.81. The van der Waals surface area contributed by atoms with Crippen LogP contribution in [0.4, 0.5) is 0 Å². The molecule has 4 saturated carbocycles. The summed E-state index contributed by atoms with van der Waals surface area (Å²) in [6, 6.07) is 0. The molecule has 0 radical (unpaired) electrons. The largest absolute Gasteiger partial charge is 0.393 e. The SMILES string of the molecule is CC(C)C(C1CC(C2CCCCC2)C(O)CC1C)C1CC(C2CCCCC2)C(O)CC1C. The van der Waals surface area contributed by atoms with E-state index in [0.717, 1.165) is 42.4 Å². The number of aliphatic hydroxyl groups excluding tert-OH is 2. The molecule has 0 spiro atoms. The summed E-state index contributed by atoms with van der Waals surface area (Å²) in [5.41, 5.74) is 0. The van der Waals surface area contributed by atoms with Crippen molar-refractivity contribution in [1.29, 1.82) is 0 Å². The van der Waals surface area contributed by atoms with E-state index in [9.17, 15) is 10.2 Å². The van der Waals surface area contributed by atoms with Crippen LogP contribution in [0, 0.1) is 59.2 Å². The van der Waals surface area contributed by atoms with Crippen LogP contribution < -0.4 is 0 Å². The highest BCUT2D eigenvalue weighted by molar-refractivity contribution is 4.97. The van der Waals surface area contributed by atoms with E-state index in [0.29, 0.717) is 29.6 Å². The van der Waals surface area contributed by atoms with Gasteiger partial charge in [0.1, 0.15) is 0 Å². The van der Waals surface area contributed by atoms with Crippen molar-refractivity contribution in [3.8, 4) is 0 Å². The van der Waals surface area contributed by atoms with Crippen molar-refractivity contribution in [3.63, 3.8) is 0 Å². The molecule has 2 heteroatoms. The van der Waals surface area contributed by atoms with Crippen molar-refractivity contribution in [2.75, 3.05) is 0 Å². The zero-order chi connectivity index (χ0) is 22.8. The molecule has 0 aromatic carbocycles. The molecule has 4 aliphatic rings. The van der Waals surface area contributed by atoms with Crippen LogP contribution in [0.15, 0.2) is 0 Å². The molecule has 2 N–H and O–H groups in total. The number of hydrogen-bond donors (Lipinski definition) is 2. The molecule has 186 valence electrons. The highest BCUT2D eigenvalue weighted by atomic mass is 16.3. The smallest absolute Gasteiger partial charge is 0.0573 e. The second-order valence-corrected chi connectivity index (χ2v) is 13.3. The summed E-state index contributed by atoms with van der Waals surface area (Å²) < 4.78 is 0. The molecule has 0 amide bonds. The molecule has 8 unspecified atom stereocenters. The Hall–Kier alpha value is -0.0800. The number of rotatable bonds is 5. The van der Waals surface area contributed by atoms with E-state index in [4.69, 9.17) is 0 Å². The second kappa shape index (κ2) is 11.1. The van der Waals surface area contributed by atoms with Crippen LogP contribution in [0.2, 0.25) is 0 Å². The van der Waals surface area contributed by atoms with Gasteiger partial charge in [-0.05, 0) is 84.9 Å². The topological polar surface area (TPSA) is 40.5 Å². The summed E-state index contributed by atoms with van der Waals surface area (Å²) in [7, 11) is 0. The fourth-order valence-corrected chi connectivity index (χ4v) is 9.39. The minimum Gasteiger partial charge on any atom is -0.393 e. The average molecular weight is 447 g/mol. The first-order valence-corrected chi connectivity index (χ1v) is 14.7. The molecule has 4 aliphatic carbocycles. The third kappa shape index (κ3) is 5.42. The maximum atomic E-state index is 11.1. The van der Waals surface area contributed by atoms with Crippen molar-refractivity contribution >= 4 is 0 Å². The van der Waals surface area contributed by atoms with Gasteiger partial charge in [0, 0.05) is 0 Å². The third-order valence-electron chi connectivity index (χ3n) is 11.0. The van der Waals surface area contributed by atoms with Gasteiger partial charge >= 0.3 is 0 Å². The van der Waals surface area contributed by atoms with Crippen LogP contribution in [0.1, 0.15) is 118 Å². The monoisotopic (exact) mass is 446 g/mol. The van der Waals surface area contributed by atoms with Crippen LogP contribution in [0.3, 0.4) is 0 Å². The van der Waals surface area contributed by atoms with E-state index in [1.165, 1.54) is 77.0 Å². The molecule has 0 saturated heterocycles. The molecule has 0 bridgehead atoms. The van der Waals surface area contributed by atoms with Gasteiger partial charge in [0.25, 0.3) is 0 Å². The van der Waals surface area contributed by atoms with Gasteiger partial charge in [0.2, 0.25) is 0 Å². The fraction of sp³-hybridized carbons (Fsp3) is 1.00. The minimum absolute atomic E-state index is 0.0715. The third-order valence-corrected chi connectivity index (χ3v) is 11.0. The lowest BCUT2D eigenvalue weighted by Crippen LogP contribution is -2.48. The summed E-state index contributed by atoms with van der Waals surface area (Å²) in [5, 5.41) is 22.2. The van der Waals surface area contributed by atoms with Gasteiger partial charge in [-0.1, -0.05) is 91.9 Å². The molecule has 0 heterocycles. The molecule has 32 heavy (non-hydrogen) atoms. The molecular weight excluding hydrogens is 392 g/mol. The van der Waals surface area contributed by atoms with Gasteiger partial charge in [0.05, 0.1) is 12.2 Å². The summed E-state index contributed by atoms with van der Waals surface area (Å²) >= 11 is 0. The minimum atomic E-state index is -0.0715. The van der Waals surface area contributed by atoms with Crippen LogP contribution in [-0.4, -0.2) is 22.4 Å². The van der Waals surface area contributed by atoms with Crippen molar-refractivity contribution in [3.05, 3.63) is 0 Å². The van der Waals surface area contributed by atoms with Crippen LogP contribution in [-0.2, 0) is 0 Å². The van der Waals surface area contributed by atoms with Gasteiger partial charge in [-0.2, -0.15) is 0 Å². The second-order valence-electron chi connectivity index (χ2n) is 13.3. The van der Waals surface area contributed by atoms with Crippen LogP contribution in [0.5, 0.6) is 0 Å². The van der Waals surface area contributed by atoms with Crippen molar-refractivity contribution in [2.24, 2.45) is 59.2 Å². The standard InChI is InChI=1S/C30H54O2/c1-19(2)30(24-17-26(28(31)15-20(24)3)22-11-7-5-8-12-22)25-18-27(29(32)16-21(25)4)23-13-9-6-10-14-23/h19-32H,5-18H2,1-4H3. The molecule has 8 atom stereocenters. The van der Waals surface area contributed by atoms with E-state index in [2.05, 4.69) is 27.7 Å². The van der Waals surface area contributed by atoms with Crippen molar-refractivity contribution in [2.45, 2.75) is 130 Å². The Bertz CT molecular complexity index is 515. The Morgan fingerprint density at radius 2 is 0.938 bits per heavy atom. The quantitative estimate of drug-likeness (QED) is 0.460. The highest BCUT2D eigenvalue weighted by Crippen LogP contribution is 2.53. The predicted octanol–water partition coefficient (Wildman–Crippen LogP) is 7.47. The van der Waals surface area contributed by atoms with Gasteiger partial charge in [-0.15, -0.1) is 0 Å². The summed E-state index contributed by atoms with van der Waals surface area (Å²) in [6.07, 6.45) is 18.1. The van der Waals surface area contributed by atoms with Gasteiger partial charge in [0.15, 0.2) is 0 Å². The maximum absolute atomic E-state index is 11.1. The Morgan fingerprint density at radius 3 is 1.28 bits per heavy atom. The van der Waals surface area contributed by atoms with E-state index in [1.807, 2.05) is 0 Å². The van der Waals surface area contributed by atoms with E-state index in [1.54, 1.807) is 0 Å². The Morgan fingerprint density at radius 1 is 0.562 bits per heavy atom. The highest BCUT2D eigenvalue weighted by Gasteiger charge is 2.48. The average Bonchev–Trinajstić information content (AvgIpc) is 2.77. The summed E-state index contributed by atoms with van der Waals surface area (Å²) in [6.45, 7) is 9.85. The van der Waals surface area contributed by atoms with Gasteiger partial charge in [-0.3, -0.25) is 0 Å². The molecule has 4 rings (SSSR count). The Kier molecular flexibility index (Phi) is 8.69. The first-order valence-electron chi connectivity index (χ1n) is 14.7. The Labute approximate surface area is 199 Å². The van der Waals surface area contributed by atoms with Crippen LogP contribution >= 0.6 is 0 Å². The van der Waals surface area contributed by atoms with Gasteiger partial charge < -0.3 is 10.2 Å². The van der Waals surface area contributed by atoms with Crippen molar-refractivity contribution in [1.82, 2.24) is 0 Å². The lowest BCUT2D eigenvalue weighted by molar-refractivity contribution is -0.0802. The summed E-state index contributed by atoms with van der Waals surface area (Å²) in [4.78, 5) is 0. The number of aliphatic hydroxyl groups is 2. The number of hydrogen-bond acceptors (Lipinski definition) is 2. The van der Waals surface area contributed by atoms with E-state index >= 15 is 0 Å². The predicted molar refractivity (Wildman–Crippen MR) is 134 cm³/mol. The molecule has 4 fully saturated rings. The fourth-order valence-electron chi connectivity index (χ4n) is 9.39. The van der Waals surface area contributed by atoms with E-state index in [-0.39, 0.29) is 12.2 Å². The molecule has 0 aromatic heterocycles. The Balaban J connectivity index is 1.52. The zero-order valence-electron chi connectivity index (χ0n) is 21.7. The lowest BCUT2D eigenvalue weighted by atomic mass is 9.54. The molecule has 0 aromatic rings. The first-order chi connectivity index (χ1) is 15.4. The van der Waals surface area contributed by atoms with Crippen LogP contribution in [0.25, 0.3) is 0 Å². The van der Waals surface area contributed by atoms with Gasteiger partial charge in [-0.25, -0.2) is 0 Å². The molecule has 0 aliphatic heterocycles. The lowest BCUT2D eigenvalue weighted by Gasteiger charge is -2.52. The van der Waals surface area contributed by atoms with E-state index < -0.39 is 0 Å². The normalized spacial score (nSPS) is 44.0.